The van der Waals surface area contributed by atoms with Gasteiger partial charge in [0.05, 0.1) is 12.0 Å². The average Bonchev–Trinajstić information content (AvgIpc) is 3.00. The first-order chi connectivity index (χ1) is 13.9. The molecule has 2 aromatic carbocycles. The van der Waals surface area contributed by atoms with Gasteiger partial charge in [-0.2, -0.15) is 0 Å². The van der Waals surface area contributed by atoms with Gasteiger partial charge in [-0.3, -0.25) is 14.5 Å². The summed E-state index contributed by atoms with van der Waals surface area (Å²) in [6.07, 6.45) is 1.61. The lowest BCUT2D eigenvalue weighted by Crippen LogP contribution is -2.42. The minimum absolute atomic E-state index is 0.232. The molecule has 3 rings (SSSR count). The zero-order chi connectivity index (χ0) is 21.0. The van der Waals surface area contributed by atoms with Crippen molar-refractivity contribution in [3.05, 3.63) is 68.1 Å². The molecule has 1 fully saturated rings. The van der Waals surface area contributed by atoms with Crippen LogP contribution in [0.2, 0.25) is 0 Å². The molecular formula is C21H18INO5S. The van der Waals surface area contributed by atoms with Crippen LogP contribution in [-0.2, 0) is 20.9 Å². The van der Waals surface area contributed by atoms with Crippen LogP contribution in [0.25, 0.3) is 6.08 Å². The van der Waals surface area contributed by atoms with Crippen molar-refractivity contribution in [3.63, 3.8) is 0 Å². The van der Waals surface area contributed by atoms with Gasteiger partial charge in [0.25, 0.3) is 11.1 Å². The first-order valence-electron chi connectivity index (χ1n) is 8.72. The summed E-state index contributed by atoms with van der Waals surface area (Å²) in [6.45, 7) is 1.84. The molecule has 1 saturated heterocycles. The van der Waals surface area contributed by atoms with Gasteiger partial charge >= 0.3 is 5.97 Å². The van der Waals surface area contributed by atoms with Crippen molar-refractivity contribution in [1.82, 2.24) is 4.90 Å². The molecule has 2 aromatic rings. The van der Waals surface area contributed by atoms with E-state index in [1.54, 1.807) is 18.2 Å². The van der Waals surface area contributed by atoms with Gasteiger partial charge in [-0.05, 0) is 71.1 Å². The van der Waals surface area contributed by atoms with Crippen LogP contribution >= 0.6 is 34.4 Å². The third-order valence-electron chi connectivity index (χ3n) is 4.27. The van der Waals surface area contributed by atoms with Crippen LogP contribution in [-0.4, -0.2) is 35.2 Å². The molecule has 1 aliphatic rings. The second-order valence-corrected chi connectivity index (χ2v) is 8.44. The Bertz CT molecular complexity index is 973. The van der Waals surface area contributed by atoms with Crippen LogP contribution in [0, 0.1) is 3.57 Å². The molecular weight excluding hydrogens is 505 g/mol. The Balaban J connectivity index is 1.80. The van der Waals surface area contributed by atoms with Gasteiger partial charge in [-0.15, -0.1) is 0 Å². The zero-order valence-electron chi connectivity index (χ0n) is 15.8. The summed E-state index contributed by atoms with van der Waals surface area (Å²) in [5, 5.41) is -0.503. The first-order valence-corrected chi connectivity index (χ1v) is 10.6. The summed E-state index contributed by atoms with van der Waals surface area (Å²) in [4.78, 5) is 37.8. The number of hydrogen-bond donors (Lipinski definition) is 0. The Morgan fingerprint density at radius 3 is 2.55 bits per heavy atom. The summed E-state index contributed by atoms with van der Waals surface area (Å²) in [6, 6.07) is 14.3. The molecule has 1 atom stereocenters. The van der Waals surface area contributed by atoms with Gasteiger partial charge in [0.2, 0.25) is 0 Å². The number of nitrogens with zero attached hydrogens (tertiary/aromatic N) is 1. The van der Waals surface area contributed by atoms with Crippen LogP contribution in [0.15, 0.2) is 53.4 Å². The van der Waals surface area contributed by atoms with E-state index in [-0.39, 0.29) is 4.91 Å². The van der Waals surface area contributed by atoms with Crippen molar-refractivity contribution in [2.24, 2.45) is 0 Å². The topological polar surface area (TPSA) is 72.9 Å². The van der Waals surface area contributed by atoms with Gasteiger partial charge in [0.1, 0.15) is 18.4 Å². The van der Waals surface area contributed by atoms with Crippen LogP contribution in [0.1, 0.15) is 18.1 Å². The molecule has 0 saturated carbocycles. The zero-order valence-corrected chi connectivity index (χ0v) is 18.7. The molecule has 0 unspecified atom stereocenters. The molecule has 8 heteroatoms. The number of hydrogen-bond acceptors (Lipinski definition) is 6. The number of amides is 2. The Morgan fingerprint density at radius 2 is 1.86 bits per heavy atom. The number of halogens is 1. The summed E-state index contributed by atoms with van der Waals surface area (Å²) in [5.74, 6) is -0.570. The second kappa shape index (κ2) is 9.45. The third kappa shape index (κ3) is 4.99. The number of ether oxygens (including phenoxy) is 2. The highest BCUT2D eigenvalue weighted by Crippen LogP contribution is 2.35. The van der Waals surface area contributed by atoms with Crippen LogP contribution in [0.4, 0.5) is 4.79 Å². The van der Waals surface area contributed by atoms with Crippen LogP contribution in [0.3, 0.4) is 0 Å². The summed E-state index contributed by atoms with van der Waals surface area (Å²) in [5.41, 5.74) is 1.70. The third-order valence-corrected chi connectivity index (χ3v) is 5.87. The van der Waals surface area contributed by atoms with E-state index < -0.39 is 23.2 Å². The number of benzene rings is 2. The van der Waals surface area contributed by atoms with Gasteiger partial charge in [-0.25, -0.2) is 4.79 Å². The van der Waals surface area contributed by atoms with Crippen molar-refractivity contribution in [3.8, 4) is 5.75 Å². The number of carbonyl (C=O) groups excluding carboxylic acids is 3. The van der Waals surface area contributed by atoms with Crippen molar-refractivity contribution in [2.45, 2.75) is 19.6 Å². The van der Waals surface area contributed by atoms with Crippen LogP contribution in [0.5, 0.6) is 5.75 Å². The summed E-state index contributed by atoms with van der Waals surface area (Å²) >= 11 is 3.03. The molecule has 0 spiro atoms. The van der Waals surface area contributed by atoms with Gasteiger partial charge in [0, 0.05) is 9.13 Å². The Morgan fingerprint density at radius 1 is 1.17 bits per heavy atom. The largest absolute Gasteiger partial charge is 0.488 e. The molecule has 2 amide bonds. The van der Waals surface area contributed by atoms with E-state index in [0.717, 1.165) is 25.8 Å². The van der Waals surface area contributed by atoms with Gasteiger partial charge in [-0.1, -0.05) is 30.3 Å². The second-order valence-electron chi connectivity index (χ2n) is 6.20. The molecule has 1 heterocycles. The first kappa shape index (κ1) is 21.4. The quantitative estimate of drug-likeness (QED) is 0.316. The van der Waals surface area contributed by atoms with E-state index in [2.05, 4.69) is 27.3 Å². The van der Waals surface area contributed by atoms with Crippen molar-refractivity contribution in [1.29, 1.82) is 0 Å². The Kier molecular flexibility index (Phi) is 6.96. The van der Waals surface area contributed by atoms with Crippen molar-refractivity contribution in [2.75, 3.05) is 7.11 Å². The Hall–Kier alpha value is -2.33. The highest BCUT2D eigenvalue weighted by atomic mass is 127. The lowest BCUT2D eigenvalue weighted by molar-refractivity contribution is -0.148. The number of methoxy groups -OCH3 is 1. The van der Waals surface area contributed by atoms with E-state index in [1.165, 1.54) is 14.0 Å². The number of esters is 1. The maximum atomic E-state index is 12.7. The number of para-hydroxylation sites is 1. The fraction of sp³-hybridized carbons (Fsp3) is 0.190. The van der Waals surface area contributed by atoms with Crippen LogP contribution < -0.4 is 4.74 Å². The minimum atomic E-state index is -0.981. The predicted octanol–water partition coefficient (Wildman–Crippen LogP) is 4.47. The molecule has 29 heavy (non-hydrogen) atoms. The molecule has 150 valence electrons. The molecule has 0 bridgehead atoms. The predicted molar refractivity (Wildman–Crippen MR) is 119 cm³/mol. The van der Waals surface area contributed by atoms with E-state index in [0.29, 0.717) is 17.9 Å². The monoisotopic (exact) mass is 523 g/mol. The Labute approximate surface area is 186 Å². The fourth-order valence-corrected chi connectivity index (χ4v) is 3.96. The molecule has 6 nitrogen and oxygen atoms in total. The maximum absolute atomic E-state index is 12.7. The van der Waals surface area contributed by atoms with Crippen molar-refractivity contribution < 1.29 is 23.9 Å². The molecule has 0 radical (unpaired) electrons. The molecule has 0 aliphatic carbocycles. The normalized spacial score (nSPS) is 16.2. The van der Waals surface area contributed by atoms with E-state index >= 15 is 0 Å². The fourth-order valence-electron chi connectivity index (χ4n) is 2.70. The van der Waals surface area contributed by atoms with Gasteiger partial charge in [0.15, 0.2) is 0 Å². The minimum Gasteiger partial charge on any atom is -0.488 e. The SMILES string of the molecule is COC(=O)[C@H](C)N1C(=O)S/C(=C/c2ccccc2OCc2ccc(I)cc2)C1=O. The number of thioether (sulfide) groups is 1. The highest BCUT2D eigenvalue weighted by molar-refractivity contribution is 14.1. The molecule has 0 N–H and O–H groups in total. The standard InChI is InChI=1S/C21H18INO5S/c1-13(20(25)27-2)23-19(24)18(29-21(23)26)11-15-5-3-4-6-17(15)28-12-14-7-9-16(22)10-8-14/h3-11,13H,12H2,1-2H3/b18-11+/t13-/m0/s1. The molecule has 1 aliphatic heterocycles. The van der Waals surface area contributed by atoms with Crippen molar-refractivity contribution >= 4 is 57.5 Å². The van der Waals surface area contributed by atoms with E-state index in [9.17, 15) is 14.4 Å². The summed E-state index contributed by atoms with van der Waals surface area (Å²) in [7, 11) is 1.22. The molecule has 0 aromatic heterocycles. The van der Waals surface area contributed by atoms with E-state index in [1.807, 2.05) is 36.4 Å². The average molecular weight is 523 g/mol. The smallest absolute Gasteiger partial charge is 0.328 e. The number of imide groups is 1. The van der Waals surface area contributed by atoms with E-state index in [4.69, 9.17) is 4.74 Å². The lowest BCUT2D eigenvalue weighted by Gasteiger charge is -2.18. The number of rotatable bonds is 6. The lowest BCUT2D eigenvalue weighted by atomic mass is 10.1. The van der Waals surface area contributed by atoms with Gasteiger partial charge < -0.3 is 9.47 Å². The summed E-state index contributed by atoms with van der Waals surface area (Å²) < 4.78 is 11.7. The number of carbonyl (C=O) groups is 3. The highest BCUT2D eigenvalue weighted by Gasteiger charge is 2.41. The maximum Gasteiger partial charge on any atom is 0.328 e.